The highest BCUT2D eigenvalue weighted by atomic mass is 33.1. The van der Waals surface area contributed by atoms with Crippen molar-refractivity contribution in [2.45, 2.75) is 264 Å². The van der Waals surface area contributed by atoms with E-state index in [1.807, 2.05) is 21.6 Å². The quantitative estimate of drug-likeness (QED) is 0.0284. The number of allylic oxidation sites excluding steroid dienone is 8. The Hall–Kier alpha value is -0.500. The van der Waals surface area contributed by atoms with Crippen LogP contribution in [0.15, 0.2) is 48.6 Å². The maximum Gasteiger partial charge on any atom is 0.155 e. The normalized spacial score (nSPS) is 13.0. The highest BCUT2D eigenvalue weighted by Gasteiger charge is 2.19. The molecule has 0 radical (unpaired) electrons. The summed E-state index contributed by atoms with van der Waals surface area (Å²) in [4.78, 5) is 5.07. The second kappa shape index (κ2) is 54.1. The van der Waals surface area contributed by atoms with Crippen molar-refractivity contribution in [1.82, 2.24) is 9.80 Å². The van der Waals surface area contributed by atoms with Gasteiger partial charge in [-0.2, -0.15) is 0 Å². The number of ether oxygens (including phenoxy) is 1. The molecule has 0 saturated carbocycles. The lowest BCUT2D eigenvalue weighted by molar-refractivity contribution is -0.102. The Labute approximate surface area is 403 Å². The average molecular weight is 920 g/mol. The van der Waals surface area contributed by atoms with Crippen molar-refractivity contribution in [3.05, 3.63) is 48.6 Å². The minimum absolute atomic E-state index is 0.610. The SMILES string of the molecule is CCCCC/C=C\C/C=C\CCCCCCCCC(CCCCCCCC/C=C\C/C=C\CCCCC)N(CCCN(C)C)CCC(O)OCCSSCCCCCCCCCC. The fourth-order valence-electron chi connectivity index (χ4n) is 8.30. The van der Waals surface area contributed by atoms with Gasteiger partial charge in [-0.25, -0.2) is 0 Å². The van der Waals surface area contributed by atoms with E-state index in [2.05, 4.69) is 93.3 Å². The van der Waals surface area contributed by atoms with Gasteiger partial charge in [0.1, 0.15) is 0 Å². The largest absolute Gasteiger partial charge is 0.368 e. The molecule has 372 valence electrons. The van der Waals surface area contributed by atoms with Gasteiger partial charge in [0.2, 0.25) is 0 Å². The Balaban J connectivity index is 4.78. The van der Waals surface area contributed by atoms with Crippen LogP contribution in [0.5, 0.6) is 0 Å². The second-order valence-corrected chi connectivity index (χ2v) is 21.5. The van der Waals surface area contributed by atoms with Crippen molar-refractivity contribution in [1.29, 1.82) is 0 Å². The van der Waals surface area contributed by atoms with E-state index in [0.29, 0.717) is 19.1 Å². The fraction of sp³-hybridized carbons (Fsp3) is 0.860. The summed E-state index contributed by atoms with van der Waals surface area (Å²) in [5, 5.41) is 10.9. The van der Waals surface area contributed by atoms with Crippen LogP contribution in [-0.4, -0.2) is 79.1 Å². The van der Waals surface area contributed by atoms with Gasteiger partial charge in [0.15, 0.2) is 6.29 Å². The molecule has 0 aliphatic rings. The Morgan fingerprint density at radius 1 is 0.413 bits per heavy atom. The molecule has 1 N–H and O–H groups in total. The van der Waals surface area contributed by atoms with Crippen LogP contribution in [0.3, 0.4) is 0 Å². The lowest BCUT2D eigenvalue weighted by Crippen LogP contribution is -2.39. The van der Waals surface area contributed by atoms with Gasteiger partial charge < -0.3 is 19.6 Å². The maximum atomic E-state index is 10.9. The molecule has 0 aliphatic heterocycles. The molecule has 0 heterocycles. The smallest absolute Gasteiger partial charge is 0.155 e. The zero-order valence-corrected chi connectivity index (χ0v) is 44.7. The summed E-state index contributed by atoms with van der Waals surface area (Å²) in [6.07, 6.45) is 65.1. The summed E-state index contributed by atoms with van der Waals surface area (Å²) < 4.78 is 5.97. The molecule has 0 rings (SSSR count). The fourth-order valence-corrected chi connectivity index (χ4v) is 10.3. The molecule has 4 nitrogen and oxygen atoms in total. The van der Waals surface area contributed by atoms with Crippen molar-refractivity contribution >= 4 is 21.6 Å². The number of unbranched alkanes of at least 4 members (excludes halogenated alkanes) is 25. The highest BCUT2D eigenvalue weighted by Crippen LogP contribution is 2.24. The molecule has 0 aromatic carbocycles. The number of hydrogen-bond acceptors (Lipinski definition) is 6. The van der Waals surface area contributed by atoms with E-state index in [9.17, 15) is 5.11 Å². The Bertz CT molecular complexity index is 937. The van der Waals surface area contributed by atoms with E-state index < -0.39 is 6.29 Å². The first-order chi connectivity index (χ1) is 31.0. The van der Waals surface area contributed by atoms with Crippen LogP contribution in [0.25, 0.3) is 0 Å². The molecule has 0 spiro atoms. The minimum atomic E-state index is -0.663. The van der Waals surface area contributed by atoms with Gasteiger partial charge in [-0.05, 0) is 117 Å². The van der Waals surface area contributed by atoms with Crippen molar-refractivity contribution in [3.63, 3.8) is 0 Å². The van der Waals surface area contributed by atoms with Gasteiger partial charge in [-0.3, -0.25) is 0 Å². The molecule has 1 atom stereocenters. The third-order valence-corrected chi connectivity index (χ3v) is 14.8. The van der Waals surface area contributed by atoms with Crippen LogP contribution in [0.4, 0.5) is 0 Å². The second-order valence-electron chi connectivity index (χ2n) is 18.8. The third-order valence-electron chi connectivity index (χ3n) is 12.3. The maximum absolute atomic E-state index is 10.9. The first-order valence-electron chi connectivity index (χ1n) is 27.6. The molecule has 1 unspecified atom stereocenters. The highest BCUT2D eigenvalue weighted by molar-refractivity contribution is 8.76. The molecule has 63 heavy (non-hydrogen) atoms. The van der Waals surface area contributed by atoms with Crippen LogP contribution in [0, 0.1) is 0 Å². The molecule has 0 amide bonds. The zero-order valence-electron chi connectivity index (χ0n) is 43.0. The predicted molar refractivity (Wildman–Crippen MR) is 291 cm³/mol. The van der Waals surface area contributed by atoms with Gasteiger partial charge in [0.05, 0.1) is 6.61 Å². The predicted octanol–water partition coefficient (Wildman–Crippen LogP) is 18.3. The molecule has 0 aromatic rings. The molecule has 0 fully saturated rings. The Kier molecular flexibility index (Phi) is 53.7. The minimum Gasteiger partial charge on any atom is -0.368 e. The molecule has 0 saturated heterocycles. The average Bonchev–Trinajstić information content (AvgIpc) is 3.28. The van der Waals surface area contributed by atoms with Crippen molar-refractivity contribution in [2.24, 2.45) is 0 Å². The van der Waals surface area contributed by atoms with E-state index >= 15 is 0 Å². The Morgan fingerprint density at radius 2 is 0.810 bits per heavy atom. The summed E-state index contributed by atoms with van der Waals surface area (Å²) in [6, 6.07) is 0.610. The number of hydrogen-bond donors (Lipinski definition) is 1. The van der Waals surface area contributed by atoms with E-state index in [0.717, 1.165) is 38.2 Å². The van der Waals surface area contributed by atoms with Crippen LogP contribution in [-0.2, 0) is 4.74 Å². The first kappa shape index (κ1) is 62.5. The van der Waals surface area contributed by atoms with Crippen LogP contribution in [0.1, 0.15) is 252 Å². The monoisotopic (exact) mass is 919 g/mol. The van der Waals surface area contributed by atoms with Gasteiger partial charge in [0.25, 0.3) is 0 Å². The standard InChI is InChI=1S/C57H110N2O2S2/c1-6-9-12-15-18-21-23-25-27-29-31-33-35-37-40-43-47-56(48-44-41-38-36-34-32-30-28-26-24-22-19-16-13-10-7-2)59(51-46-50-58(4)5)52-49-57(60)61-53-55-63-62-54-45-42-39-20-17-14-11-8-3/h18-19,21-22,25-28,56-57,60H,6-17,20,23-24,29-55H2,1-5H3/b21-18-,22-19-,27-25-,28-26-. The number of nitrogens with zero attached hydrogens (tertiary/aromatic N) is 2. The summed E-state index contributed by atoms with van der Waals surface area (Å²) in [5.41, 5.74) is 0. The Morgan fingerprint density at radius 3 is 1.29 bits per heavy atom. The van der Waals surface area contributed by atoms with E-state index in [1.165, 1.54) is 218 Å². The van der Waals surface area contributed by atoms with Crippen LogP contribution >= 0.6 is 21.6 Å². The van der Waals surface area contributed by atoms with Crippen LogP contribution < -0.4 is 0 Å². The van der Waals surface area contributed by atoms with Gasteiger partial charge >= 0.3 is 0 Å². The topological polar surface area (TPSA) is 35.9 Å². The van der Waals surface area contributed by atoms with Gasteiger partial charge in [-0.1, -0.05) is 226 Å². The summed E-state index contributed by atoms with van der Waals surface area (Å²) in [6.45, 7) is 10.6. The molecular formula is C57H110N2O2S2. The molecular weight excluding hydrogens is 809 g/mol. The molecule has 0 bridgehead atoms. The van der Waals surface area contributed by atoms with E-state index in [4.69, 9.17) is 4.74 Å². The lowest BCUT2D eigenvalue weighted by atomic mass is 9.98. The van der Waals surface area contributed by atoms with Crippen molar-refractivity contribution in [3.8, 4) is 0 Å². The van der Waals surface area contributed by atoms with Crippen molar-refractivity contribution in [2.75, 3.05) is 51.8 Å². The zero-order chi connectivity index (χ0) is 45.8. The third kappa shape index (κ3) is 50.7. The summed E-state index contributed by atoms with van der Waals surface area (Å²) in [7, 11) is 8.29. The van der Waals surface area contributed by atoms with E-state index in [1.54, 1.807) is 0 Å². The lowest BCUT2D eigenvalue weighted by Gasteiger charge is -2.33. The molecule has 0 aliphatic carbocycles. The summed E-state index contributed by atoms with van der Waals surface area (Å²) >= 11 is 0. The molecule has 6 heteroatoms. The number of aliphatic hydroxyl groups is 1. The number of rotatable bonds is 52. The van der Waals surface area contributed by atoms with Gasteiger partial charge in [-0.15, -0.1) is 0 Å². The first-order valence-corrected chi connectivity index (χ1v) is 30.1. The van der Waals surface area contributed by atoms with Gasteiger partial charge in [0, 0.05) is 30.5 Å². The van der Waals surface area contributed by atoms with E-state index in [-0.39, 0.29) is 0 Å². The van der Waals surface area contributed by atoms with Crippen molar-refractivity contribution < 1.29 is 9.84 Å². The summed E-state index contributed by atoms with van der Waals surface area (Å²) in [5.74, 6) is 2.19. The van der Waals surface area contributed by atoms with Crippen LogP contribution in [0.2, 0.25) is 0 Å². The molecule has 0 aromatic heterocycles. The number of aliphatic hydroxyl groups excluding tert-OH is 1.